The first kappa shape index (κ1) is 15.1. The van der Waals surface area contributed by atoms with Gasteiger partial charge in [-0.2, -0.15) is 4.31 Å². The van der Waals surface area contributed by atoms with Gasteiger partial charge in [0.2, 0.25) is 10.0 Å². The minimum Gasteiger partial charge on any atom is -0.616 e. The molecule has 0 amide bonds. The molecule has 1 heterocycles. The second-order valence-electron chi connectivity index (χ2n) is 4.44. The SMILES string of the molecule is CC[C@@H]1C[S+]([O-])CCN1S(=O)(=O)c1ccc(Cl)cc1. The molecule has 2 rings (SSSR count). The van der Waals surface area contributed by atoms with E-state index < -0.39 is 21.2 Å². The fourth-order valence-electron chi connectivity index (χ4n) is 2.14. The van der Waals surface area contributed by atoms with Gasteiger partial charge in [0, 0.05) is 5.02 Å². The van der Waals surface area contributed by atoms with Crippen LogP contribution in [0.2, 0.25) is 5.02 Å². The number of benzene rings is 1. The molecule has 0 N–H and O–H groups in total. The normalized spacial score (nSPS) is 25.4. The smallest absolute Gasteiger partial charge is 0.243 e. The van der Waals surface area contributed by atoms with E-state index in [1.54, 1.807) is 12.1 Å². The molecule has 1 aliphatic rings. The molecule has 1 aromatic carbocycles. The highest BCUT2D eigenvalue weighted by atomic mass is 35.5. The average Bonchev–Trinajstić information content (AvgIpc) is 2.38. The molecule has 0 aliphatic carbocycles. The summed E-state index contributed by atoms with van der Waals surface area (Å²) in [6, 6.07) is 5.97. The van der Waals surface area contributed by atoms with Crippen molar-refractivity contribution in [3.63, 3.8) is 0 Å². The van der Waals surface area contributed by atoms with Gasteiger partial charge in [0.1, 0.15) is 11.5 Å². The Morgan fingerprint density at radius 3 is 2.63 bits per heavy atom. The standard InChI is InChI=1S/C12H16ClNO3S2/c1-2-11-9-18(15)8-7-14(11)19(16,17)12-5-3-10(13)4-6-12/h3-6,11H,2,7-9H2,1H3/t11-,18?/m1/s1. The molecule has 0 radical (unpaired) electrons. The van der Waals surface area contributed by atoms with Gasteiger partial charge in [0.05, 0.1) is 17.5 Å². The van der Waals surface area contributed by atoms with Crippen LogP contribution in [0.25, 0.3) is 0 Å². The molecule has 1 saturated heterocycles. The second kappa shape index (κ2) is 6.01. The van der Waals surface area contributed by atoms with E-state index >= 15 is 0 Å². The third-order valence-corrected chi connectivity index (χ3v) is 6.83. The van der Waals surface area contributed by atoms with Crippen LogP contribution in [0.15, 0.2) is 29.2 Å². The zero-order chi connectivity index (χ0) is 14.0. The number of hydrogen-bond acceptors (Lipinski definition) is 3. The van der Waals surface area contributed by atoms with Crippen LogP contribution in [0.4, 0.5) is 0 Å². The molecule has 1 unspecified atom stereocenters. The summed E-state index contributed by atoms with van der Waals surface area (Å²) in [5.41, 5.74) is 0. The fraction of sp³-hybridized carbons (Fsp3) is 0.500. The predicted octanol–water partition coefficient (Wildman–Crippen LogP) is 1.87. The van der Waals surface area contributed by atoms with Crippen molar-refractivity contribution < 1.29 is 13.0 Å². The van der Waals surface area contributed by atoms with Crippen molar-refractivity contribution in [3.05, 3.63) is 29.3 Å². The summed E-state index contributed by atoms with van der Waals surface area (Å²) in [5, 5.41) is 0.505. The highest BCUT2D eigenvalue weighted by Crippen LogP contribution is 2.24. The lowest BCUT2D eigenvalue weighted by Crippen LogP contribution is -2.50. The quantitative estimate of drug-likeness (QED) is 0.799. The van der Waals surface area contributed by atoms with Gasteiger partial charge in [-0.15, -0.1) is 0 Å². The first-order valence-corrected chi connectivity index (χ1v) is 9.38. The monoisotopic (exact) mass is 321 g/mol. The molecule has 7 heteroatoms. The summed E-state index contributed by atoms with van der Waals surface area (Å²) in [4.78, 5) is 0.239. The van der Waals surface area contributed by atoms with Crippen LogP contribution in [0, 0.1) is 0 Å². The number of halogens is 1. The van der Waals surface area contributed by atoms with Gasteiger partial charge in [-0.05, 0) is 30.7 Å². The number of hydrogen-bond donors (Lipinski definition) is 0. The van der Waals surface area contributed by atoms with E-state index in [-0.39, 0.29) is 10.9 Å². The summed E-state index contributed by atoms with van der Waals surface area (Å²) >= 11 is 4.86. The molecule has 106 valence electrons. The largest absolute Gasteiger partial charge is 0.616 e. The Labute approximate surface area is 122 Å². The Kier molecular flexibility index (Phi) is 4.79. The maximum absolute atomic E-state index is 12.6. The summed E-state index contributed by atoms with van der Waals surface area (Å²) in [6.07, 6.45) is 0.665. The highest BCUT2D eigenvalue weighted by molar-refractivity contribution is 7.92. The summed E-state index contributed by atoms with van der Waals surface area (Å²) in [7, 11) is -3.52. The Bertz CT molecular complexity index is 532. The van der Waals surface area contributed by atoms with Crippen LogP contribution in [-0.2, 0) is 21.2 Å². The molecule has 0 bridgehead atoms. The van der Waals surface area contributed by atoms with Gasteiger partial charge >= 0.3 is 0 Å². The van der Waals surface area contributed by atoms with Gasteiger partial charge in [-0.1, -0.05) is 29.7 Å². The van der Waals surface area contributed by atoms with Crippen molar-refractivity contribution in [2.24, 2.45) is 0 Å². The van der Waals surface area contributed by atoms with E-state index in [1.807, 2.05) is 6.92 Å². The predicted molar refractivity (Wildman–Crippen MR) is 77.3 cm³/mol. The summed E-state index contributed by atoms with van der Waals surface area (Å²) in [5.74, 6) is 0.826. The molecule has 0 saturated carbocycles. The first-order chi connectivity index (χ1) is 8.95. The summed E-state index contributed by atoms with van der Waals surface area (Å²) in [6.45, 7) is 2.23. The minimum atomic E-state index is -3.52. The van der Waals surface area contributed by atoms with E-state index in [0.29, 0.717) is 29.5 Å². The van der Waals surface area contributed by atoms with Gasteiger partial charge in [-0.3, -0.25) is 0 Å². The molecule has 4 nitrogen and oxygen atoms in total. The third kappa shape index (κ3) is 3.25. The molecule has 19 heavy (non-hydrogen) atoms. The Hall–Kier alpha value is -0.270. The Balaban J connectivity index is 2.30. The lowest BCUT2D eigenvalue weighted by molar-refractivity contribution is 0.331. The molecule has 2 atom stereocenters. The van der Waals surface area contributed by atoms with Crippen molar-refractivity contribution in [3.8, 4) is 0 Å². The molecular weight excluding hydrogens is 306 g/mol. The van der Waals surface area contributed by atoms with Crippen molar-refractivity contribution >= 4 is 32.8 Å². The maximum atomic E-state index is 12.6. The van der Waals surface area contributed by atoms with Crippen LogP contribution in [0.5, 0.6) is 0 Å². The van der Waals surface area contributed by atoms with E-state index in [0.717, 1.165) is 0 Å². The van der Waals surface area contributed by atoms with Gasteiger partial charge < -0.3 is 4.55 Å². The highest BCUT2D eigenvalue weighted by Gasteiger charge is 2.37. The zero-order valence-electron chi connectivity index (χ0n) is 10.6. The van der Waals surface area contributed by atoms with Crippen LogP contribution >= 0.6 is 11.6 Å². The Morgan fingerprint density at radius 1 is 1.42 bits per heavy atom. The van der Waals surface area contributed by atoms with Gasteiger partial charge in [0.25, 0.3) is 0 Å². The van der Waals surface area contributed by atoms with Crippen molar-refractivity contribution in [1.82, 2.24) is 4.31 Å². The van der Waals surface area contributed by atoms with Crippen LogP contribution in [0.1, 0.15) is 13.3 Å². The second-order valence-corrected chi connectivity index (χ2v) is 8.39. The van der Waals surface area contributed by atoms with Crippen LogP contribution < -0.4 is 0 Å². The minimum absolute atomic E-state index is 0.185. The van der Waals surface area contributed by atoms with E-state index in [2.05, 4.69) is 0 Å². The number of sulfonamides is 1. The molecule has 1 aromatic rings. The molecular formula is C12H16ClNO3S2. The first-order valence-electron chi connectivity index (χ1n) is 6.07. The van der Waals surface area contributed by atoms with Gasteiger partial charge in [-0.25, -0.2) is 8.42 Å². The van der Waals surface area contributed by atoms with Crippen molar-refractivity contribution in [2.45, 2.75) is 24.3 Å². The molecule has 0 aromatic heterocycles. The molecule has 1 aliphatic heterocycles. The summed E-state index contributed by atoms with van der Waals surface area (Å²) < 4.78 is 38.1. The zero-order valence-corrected chi connectivity index (χ0v) is 13.0. The maximum Gasteiger partial charge on any atom is 0.243 e. The molecule has 0 spiro atoms. The topological polar surface area (TPSA) is 60.4 Å². The van der Waals surface area contributed by atoms with E-state index in [9.17, 15) is 13.0 Å². The van der Waals surface area contributed by atoms with Crippen molar-refractivity contribution in [2.75, 3.05) is 18.1 Å². The Morgan fingerprint density at radius 2 is 2.05 bits per heavy atom. The van der Waals surface area contributed by atoms with E-state index in [4.69, 9.17) is 11.6 Å². The number of rotatable bonds is 3. The molecule has 1 fully saturated rings. The lowest BCUT2D eigenvalue weighted by Gasteiger charge is -2.34. The van der Waals surface area contributed by atoms with E-state index in [1.165, 1.54) is 16.4 Å². The fourth-order valence-corrected chi connectivity index (χ4v) is 5.58. The van der Waals surface area contributed by atoms with Gasteiger partial charge in [0.15, 0.2) is 0 Å². The average molecular weight is 322 g/mol. The van der Waals surface area contributed by atoms with Crippen molar-refractivity contribution in [1.29, 1.82) is 0 Å². The number of nitrogens with zero attached hydrogens (tertiary/aromatic N) is 1. The lowest BCUT2D eigenvalue weighted by atomic mass is 10.2. The third-order valence-electron chi connectivity index (χ3n) is 3.22. The van der Waals surface area contributed by atoms with Crippen LogP contribution in [-0.4, -0.2) is 41.4 Å². The van der Waals surface area contributed by atoms with Crippen LogP contribution in [0.3, 0.4) is 0 Å².